The van der Waals surface area contributed by atoms with E-state index in [2.05, 4.69) is 18.7 Å². The lowest BCUT2D eigenvalue weighted by molar-refractivity contribution is 0.00135. The summed E-state index contributed by atoms with van der Waals surface area (Å²) in [5.41, 5.74) is 2.67. The summed E-state index contributed by atoms with van der Waals surface area (Å²) in [4.78, 5) is 2.20. The molecule has 7 nitrogen and oxygen atoms in total. The number of benzene rings is 2. The number of aromatic nitrogens is 2. The van der Waals surface area contributed by atoms with Gasteiger partial charge in [-0.05, 0) is 49.9 Å². The van der Waals surface area contributed by atoms with Crippen LogP contribution in [-0.4, -0.2) is 64.9 Å². The molecule has 1 saturated heterocycles. The molecule has 2 heterocycles. The van der Waals surface area contributed by atoms with E-state index in [-0.39, 0.29) is 11.9 Å². The number of aryl methyl sites for hydroxylation is 1. The van der Waals surface area contributed by atoms with Crippen molar-refractivity contribution in [2.75, 3.05) is 32.9 Å². The summed E-state index contributed by atoms with van der Waals surface area (Å²) in [5, 5.41) is 15.7. The number of halogens is 1. The monoisotopic (exact) mass is 525 g/mol. The Kier molecular flexibility index (Phi) is 10.7. The van der Waals surface area contributed by atoms with Crippen LogP contribution in [0.3, 0.4) is 0 Å². The number of hydrogen-bond acceptors (Lipinski definition) is 6. The van der Waals surface area contributed by atoms with E-state index in [1.54, 1.807) is 16.8 Å². The molecule has 0 bridgehead atoms. The summed E-state index contributed by atoms with van der Waals surface area (Å²) in [7, 11) is 0. The third kappa shape index (κ3) is 7.86. The first kappa shape index (κ1) is 28.2. The Morgan fingerprint density at radius 3 is 2.74 bits per heavy atom. The Morgan fingerprint density at radius 1 is 1.18 bits per heavy atom. The summed E-state index contributed by atoms with van der Waals surface area (Å²) in [6.45, 7) is 7.51. The number of ether oxygens (including phenoxy) is 3. The summed E-state index contributed by atoms with van der Waals surface area (Å²) in [6.07, 6.45) is 4.26. The zero-order chi connectivity index (χ0) is 26.7. The van der Waals surface area contributed by atoms with E-state index in [0.717, 1.165) is 49.2 Å². The number of aliphatic hydroxyl groups excluding tert-OH is 1. The van der Waals surface area contributed by atoms with Crippen molar-refractivity contribution in [2.24, 2.45) is 0 Å². The predicted octanol–water partition coefficient (Wildman–Crippen LogP) is 5.52. The average molecular weight is 526 g/mol. The minimum atomic E-state index is -0.630. The van der Waals surface area contributed by atoms with Gasteiger partial charge in [0.25, 0.3) is 0 Å². The molecule has 8 heteroatoms. The standard InChI is InChI=1S/C30H40FN3O4/c1-3-5-16-36-22-25(35)19-33(20-27-15-10-17-37-27)21-28-29(4-2)32-34(24-12-7-6-8-13-24)30(28)38-26-14-9-11-23(31)18-26/h6-9,11-14,18,25,27,35H,3-5,10,15-17,19-22H2,1-2H3. The van der Waals surface area contributed by atoms with Gasteiger partial charge in [0.2, 0.25) is 5.88 Å². The van der Waals surface area contributed by atoms with Gasteiger partial charge in [0.15, 0.2) is 0 Å². The summed E-state index contributed by atoms with van der Waals surface area (Å²) in [6, 6.07) is 15.9. The van der Waals surface area contributed by atoms with Crippen molar-refractivity contribution >= 4 is 0 Å². The Hall–Kier alpha value is -2.78. The molecule has 4 rings (SSSR count). The van der Waals surface area contributed by atoms with Gasteiger partial charge in [-0.3, -0.25) is 4.90 Å². The van der Waals surface area contributed by atoms with Gasteiger partial charge >= 0.3 is 0 Å². The zero-order valence-electron chi connectivity index (χ0n) is 22.5. The van der Waals surface area contributed by atoms with Crippen LogP contribution in [0.5, 0.6) is 11.6 Å². The molecule has 0 amide bonds. The van der Waals surface area contributed by atoms with Gasteiger partial charge in [0, 0.05) is 38.9 Å². The lowest BCUT2D eigenvalue weighted by Gasteiger charge is -2.27. The summed E-state index contributed by atoms with van der Waals surface area (Å²) < 4.78 is 33.8. The van der Waals surface area contributed by atoms with Crippen molar-refractivity contribution in [2.45, 2.75) is 64.7 Å². The molecule has 1 fully saturated rings. The van der Waals surface area contributed by atoms with Gasteiger partial charge in [-0.25, -0.2) is 9.07 Å². The lowest BCUT2D eigenvalue weighted by atomic mass is 10.1. The van der Waals surface area contributed by atoms with Crippen molar-refractivity contribution in [1.82, 2.24) is 14.7 Å². The second-order valence-electron chi connectivity index (χ2n) is 9.80. The molecule has 1 aliphatic heterocycles. The van der Waals surface area contributed by atoms with Crippen LogP contribution >= 0.6 is 0 Å². The van der Waals surface area contributed by atoms with Crippen LogP contribution in [0.1, 0.15) is 50.8 Å². The molecule has 0 saturated carbocycles. The van der Waals surface area contributed by atoms with E-state index in [1.165, 1.54) is 12.1 Å². The van der Waals surface area contributed by atoms with Crippen LogP contribution in [0.15, 0.2) is 54.6 Å². The molecular weight excluding hydrogens is 485 g/mol. The fourth-order valence-corrected chi connectivity index (χ4v) is 4.73. The number of aliphatic hydroxyl groups is 1. The van der Waals surface area contributed by atoms with Crippen LogP contribution < -0.4 is 4.74 Å². The Morgan fingerprint density at radius 2 is 2.03 bits per heavy atom. The number of rotatable bonds is 15. The van der Waals surface area contributed by atoms with E-state index >= 15 is 0 Å². The van der Waals surface area contributed by atoms with Crippen LogP contribution in [-0.2, 0) is 22.4 Å². The smallest absolute Gasteiger partial charge is 0.227 e. The van der Waals surface area contributed by atoms with Crippen LogP contribution in [0, 0.1) is 5.82 Å². The maximum absolute atomic E-state index is 14.0. The number of para-hydroxylation sites is 1. The third-order valence-electron chi connectivity index (χ3n) is 6.65. The number of nitrogens with zero attached hydrogens (tertiary/aromatic N) is 3. The quantitative estimate of drug-likeness (QED) is 0.263. The maximum Gasteiger partial charge on any atom is 0.227 e. The molecule has 3 aromatic rings. The Labute approximate surface area is 225 Å². The molecule has 206 valence electrons. The second kappa shape index (κ2) is 14.4. The van der Waals surface area contributed by atoms with Crippen LogP contribution in [0.4, 0.5) is 4.39 Å². The summed E-state index contributed by atoms with van der Waals surface area (Å²) in [5.74, 6) is 0.586. The van der Waals surface area contributed by atoms with Crippen LogP contribution in [0.25, 0.3) is 5.69 Å². The van der Waals surface area contributed by atoms with Gasteiger partial charge in [0.1, 0.15) is 11.6 Å². The molecule has 38 heavy (non-hydrogen) atoms. The minimum Gasteiger partial charge on any atom is -0.438 e. The molecule has 2 unspecified atom stereocenters. The Bertz CT molecular complexity index is 1120. The second-order valence-corrected chi connectivity index (χ2v) is 9.80. The van der Waals surface area contributed by atoms with E-state index < -0.39 is 6.10 Å². The van der Waals surface area contributed by atoms with Gasteiger partial charge in [-0.15, -0.1) is 0 Å². The van der Waals surface area contributed by atoms with E-state index in [1.807, 2.05) is 30.3 Å². The molecule has 0 spiro atoms. The zero-order valence-corrected chi connectivity index (χ0v) is 22.5. The minimum absolute atomic E-state index is 0.116. The SMILES string of the molecule is CCCCOCC(O)CN(Cc1c(CC)nn(-c2ccccc2)c1Oc1cccc(F)c1)CC1CCCO1. The largest absolute Gasteiger partial charge is 0.438 e. The fourth-order valence-electron chi connectivity index (χ4n) is 4.73. The maximum atomic E-state index is 14.0. The van der Waals surface area contributed by atoms with Crippen molar-refractivity contribution in [3.05, 3.63) is 71.7 Å². The van der Waals surface area contributed by atoms with Gasteiger partial charge in [-0.1, -0.05) is 44.5 Å². The highest BCUT2D eigenvalue weighted by Crippen LogP contribution is 2.33. The van der Waals surface area contributed by atoms with Gasteiger partial charge < -0.3 is 19.3 Å². The first-order valence-electron chi connectivity index (χ1n) is 13.8. The molecule has 1 aliphatic rings. The molecule has 2 aromatic carbocycles. The highest BCUT2D eigenvalue weighted by molar-refractivity contribution is 5.43. The van der Waals surface area contributed by atoms with Crippen molar-refractivity contribution in [3.8, 4) is 17.3 Å². The molecular formula is C30H40FN3O4. The number of unbranched alkanes of at least 4 members (excludes halogenated alkanes) is 1. The molecule has 1 N–H and O–H groups in total. The van der Waals surface area contributed by atoms with E-state index in [0.29, 0.717) is 50.9 Å². The predicted molar refractivity (Wildman–Crippen MR) is 145 cm³/mol. The highest BCUT2D eigenvalue weighted by atomic mass is 19.1. The van der Waals surface area contributed by atoms with Crippen molar-refractivity contribution in [3.63, 3.8) is 0 Å². The summed E-state index contributed by atoms with van der Waals surface area (Å²) >= 11 is 0. The molecule has 1 aromatic heterocycles. The number of hydrogen-bond donors (Lipinski definition) is 1. The van der Waals surface area contributed by atoms with Crippen LogP contribution in [0.2, 0.25) is 0 Å². The van der Waals surface area contributed by atoms with Crippen molar-refractivity contribution < 1.29 is 23.7 Å². The average Bonchev–Trinajstić information content (AvgIpc) is 3.55. The normalized spacial score (nSPS) is 16.3. The molecule has 0 radical (unpaired) electrons. The fraction of sp³-hybridized carbons (Fsp3) is 0.500. The van der Waals surface area contributed by atoms with Crippen molar-refractivity contribution in [1.29, 1.82) is 0 Å². The topological polar surface area (TPSA) is 69.0 Å². The van der Waals surface area contributed by atoms with E-state index in [9.17, 15) is 9.50 Å². The lowest BCUT2D eigenvalue weighted by Crippen LogP contribution is -2.39. The van der Waals surface area contributed by atoms with Gasteiger partial charge in [-0.2, -0.15) is 5.10 Å². The highest BCUT2D eigenvalue weighted by Gasteiger charge is 2.26. The Balaban J connectivity index is 1.64. The third-order valence-corrected chi connectivity index (χ3v) is 6.65. The molecule has 0 aliphatic carbocycles. The van der Waals surface area contributed by atoms with Gasteiger partial charge in [0.05, 0.1) is 35.8 Å². The molecule has 2 atom stereocenters. The first-order valence-corrected chi connectivity index (χ1v) is 13.8. The van der Waals surface area contributed by atoms with E-state index in [4.69, 9.17) is 19.3 Å². The first-order chi connectivity index (χ1) is 18.6.